The first kappa shape index (κ1) is 16.6. The van der Waals surface area contributed by atoms with E-state index < -0.39 is 0 Å². The third-order valence-corrected chi connectivity index (χ3v) is 5.11. The van der Waals surface area contributed by atoms with Gasteiger partial charge in [0.1, 0.15) is 0 Å². The second kappa shape index (κ2) is 6.58. The van der Waals surface area contributed by atoms with Crippen LogP contribution in [-0.2, 0) is 6.42 Å². The number of hydrogen-bond donors (Lipinski definition) is 1. The molecule has 0 bridgehead atoms. The molecule has 1 heterocycles. The highest BCUT2D eigenvalue weighted by Crippen LogP contribution is 2.39. The van der Waals surface area contributed by atoms with Crippen LogP contribution < -0.4 is 10.6 Å². The van der Waals surface area contributed by atoms with Crippen LogP contribution >= 0.6 is 11.6 Å². The van der Waals surface area contributed by atoms with E-state index in [0.717, 1.165) is 36.9 Å². The summed E-state index contributed by atoms with van der Waals surface area (Å²) >= 11 is 6.52. The number of para-hydroxylation sites is 1. The van der Waals surface area contributed by atoms with Gasteiger partial charge in [-0.05, 0) is 42.2 Å². The normalized spacial score (nSPS) is 20.9. The molecule has 1 fully saturated rings. The minimum Gasteiger partial charge on any atom is -0.370 e. The molecule has 21 heavy (non-hydrogen) atoms. The van der Waals surface area contributed by atoms with Gasteiger partial charge in [0.2, 0.25) is 0 Å². The van der Waals surface area contributed by atoms with E-state index in [2.05, 4.69) is 38.7 Å². The Morgan fingerprint density at radius 3 is 2.67 bits per heavy atom. The molecule has 2 nitrogen and oxygen atoms in total. The molecule has 1 aliphatic heterocycles. The maximum absolute atomic E-state index is 6.52. The number of halogens is 1. The SMILES string of the molecule is CCC(N)Cc1cccc(Cl)c1N1CCC(C(C)(C)C)C1. The van der Waals surface area contributed by atoms with Crippen molar-refractivity contribution in [1.29, 1.82) is 0 Å². The molecule has 1 aliphatic rings. The fourth-order valence-corrected chi connectivity index (χ4v) is 3.49. The van der Waals surface area contributed by atoms with Crippen LogP contribution in [0, 0.1) is 11.3 Å². The Labute approximate surface area is 134 Å². The zero-order valence-electron chi connectivity index (χ0n) is 13.8. The fraction of sp³-hybridized carbons (Fsp3) is 0.667. The molecule has 2 unspecified atom stereocenters. The lowest BCUT2D eigenvalue weighted by molar-refractivity contribution is 0.263. The molecule has 1 aromatic rings. The largest absolute Gasteiger partial charge is 0.370 e. The first-order valence-electron chi connectivity index (χ1n) is 8.10. The van der Waals surface area contributed by atoms with E-state index in [1.165, 1.54) is 17.7 Å². The number of rotatable bonds is 4. The summed E-state index contributed by atoms with van der Waals surface area (Å²) in [5.41, 5.74) is 9.03. The number of benzene rings is 1. The summed E-state index contributed by atoms with van der Waals surface area (Å²) in [5.74, 6) is 0.724. The molecule has 1 saturated heterocycles. The predicted molar refractivity (Wildman–Crippen MR) is 93.2 cm³/mol. The van der Waals surface area contributed by atoms with Crippen LogP contribution in [-0.4, -0.2) is 19.1 Å². The van der Waals surface area contributed by atoms with Crippen molar-refractivity contribution in [2.24, 2.45) is 17.1 Å². The van der Waals surface area contributed by atoms with Crippen LogP contribution in [0.25, 0.3) is 0 Å². The summed E-state index contributed by atoms with van der Waals surface area (Å²) in [7, 11) is 0. The van der Waals surface area contributed by atoms with Gasteiger partial charge in [-0.15, -0.1) is 0 Å². The number of nitrogens with zero attached hydrogens (tertiary/aromatic N) is 1. The van der Waals surface area contributed by atoms with Crippen LogP contribution in [0.5, 0.6) is 0 Å². The van der Waals surface area contributed by atoms with Gasteiger partial charge in [0, 0.05) is 19.1 Å². The molecule has 1 aromatic carbocycles. The van der Waals surface area contributed by atoms with Gasteiger partial charge in [-0.2, -0.15) is 0 Å². The van der Waals surface area contributed by atoms with Crippen molar-refractivity contribution in [3.8, 4) is 0 Å². The first-order chi connectivity index (χ1) is 9.82. The number of hydrogen-bond acceptors (Lipinski definition) is 2. The molecule has 0 spiro atoms. The van der Waals surface area contributed by atoms with E-state index in [0.29, 0.717) is 5.41 Å². The predicted octanol–water partition coefficient (Wildman–Crippen LogP) is 4.49. The highest BCUT2D eigenvalue weighted by Gasteiger charge is 2.33. The summed E-state index contributed by atoms with van der Waals surface area (Å²) in [5, 5.41) is 0.866. The Morgan fingerprint density at radius 2 is 2.10 bits per heavy atom. The van der Waals surface area contributed by atoms with Crippen LogP contribution in [0.15, 0.2) is 18.2 Å². The number of anilines is 1. The quantitative estimate of drug-likeness (QED) is 0.888. The van der Waals surface area contributed by atoms with Crippen LogP contribution in [0.1, 0.15) is 46.1 Å². The van der Waals surface area contributed by atoms with Crippen molar-refractivity contribution >= 4 is 17.3 Å². The second-order valence-corrected chi connectivity index (χ2v) is 7.82. The number of nitrogens with two attached hydrogens (primary N) is 1. The zero-order valence-corrected chi connectivity index (χ0v) is 14.6. The summed E-state index contributed by atoms with van der Waals surface area (Å²) in [6.07, 6.45) is 3.15. The van der Waals surface area contributed by atoms with Crippen molar-refractivity contribution in [3.63, 3.8) is 0 Å². The molecule has 118 valence electrons. The molecule has 0 aliphatic carbocycles. The summed E-state index contributed by atoms with van der Waals surface area (Å²) in [6.45, 7) is 11.3. The van der Waals surface area contributed by atoms with Gasteiger partial charge < -0.3 is 10.6 Å². The van der Waals surface area contributed by atoms with E-state index >= 15 is 0 Å². The molecule has 0 amide bonds. The Bertz CT molecular complexity index is 479. The lowest BCUT2D eigenvalue weighted by Crippen LogP contribution is -2.28. The monoisotopic (exact) mass is 308 g/mol. The van der Waals surface area contributed by atoms with Gasteiger partial charge in [-0.1, -0.05) is 51.4 Å². The summed E-state index contributed by atoms with van der Waals surface area (Å²) in [4.78, 5) is 2.47. The van der Waals surface area contributed by atoms with Crippen LogP contribution in [0.2, 0.25) is 5.02 Å². The van der Waals surface area contributed by atoms with Crippen molar-refractivity contribution in [2.45, 2.75) is 53.0 Å². The smallest absolute Gasteiger partial charge is 0.0642 e. The molecule has 0 aromatic heterocycles. The molecule has 0 radical (unpaired) electrons. The van der Waals surface area contributed by atoms with Gasteiger partial charge in [-0.25, -0.2) is 0 Å². The molecule has 3 heteroatoms. The standard InChI is InChI=1S/C18H29ClN2/c1-5-15(20)11-13-7-6-8-16(19)17(13)21-10-9-14(12-21)18(2,3)4/h6-8,14-15H,5,9-12,20H2,1-4H3. The molecular formula is C18H29ClN2. The van der Waals surface area contributed by atoms with E-state index in [-0.39, 0.29) is 6.04 Å². The minimum absolute atomic E-state index is 0.211. The molecular weight excluding hydrogens is 280 g/mol. The lowest BCUT2D eigenvalue weighted by Gasteiger charge is -2.29. The highest BCUT2D eigenvalue weighted by molar-refractivity contribution is 6.33. The minimum atomic E-state index is 0.211. The van der Waals surface area contributed by atoms with Crippen LogP contribution in [0.4, 0.5) is 5.69 Å². The summed E-state index contributed by atoms with van der Waals surface area (Å²) in [6, 6.07) is 6.44. The van der Waals surface area contributed by atoms with Crippen molar-refractivity contribution in [2.75, 3.05) is 18.0 Å². The molecule has 2 N–H and O–H groups in total. The Kier molecular flexibility index (Phi) is 5.21. The van der Waals surface area contributed by atoms with Crippen molar-refractivity contribution in [1.82, 2.24) is 0 Å². The average Bonchev–Trinajstić information content (AvgIpc) is 2.88. The third kappa shape index (κ3) is 3.92. The van der Waals surface area contributed by atoms with Crippen molar-refractivity contribution in [3.05, 3.63) is 28.8 Å². The Hall–Kier alpha value is -0.730. The topological polar surface area (TPSA) is 29.3 Å². The molecule has 0 saturated carbocycles. The van der Waals surface area contributed by atoms with Gasteiger partial charge in [0.05, 0.1) is 10.7 Å². The Morgan fingerprint density at radius 1 is 1.38 bits per heavy atom. The third-order valence-electron chi connectivity index (χ3n) is 4.81. The maximum Gasteiger partial charge on any atom is 0.0642 e. The van der Waals surface area contributed by atoms with Gasteiger partial charge in [0.25, 0.3) is 0 Å². The summed E-state index contributed by atoms with van der Waals surface area (Å²) < 4.78 is 0. The van der Waals surface area contributed by atoms with Gasteiger partial charge in [-0.3, -0.25) is 0 Å². The second-order valence-electron chi connectivity index (χ2n) is 7.42. The molecule has 2 rings (SSSR count). The van der Waals surface area contributed by atoms with E-state index in [1.54, 1.807) is 0 Å². The zero-order chi connectivity index (χ0) is 15.6. The van der Waals surface area contributed by atoms with Gasteiger partial charge in [0.15, 0.2) is 0 Å². The maximum atomic E-state index is 6.52. The van der Waals surface area contributed by atoms with E-state index in [4.69, 9.17) is 17.3 Å². The highest BCUT2D eigenvalue weighted by atomic mass is 35.5. The van der Waals surface area contributed by atoms with Crippen molar-refractivity contribution < 1.29 is 0 Å². The lowest BCUT2D eigenvalue weighted by atomic mass is 9.80. The fourth-order valence-electron chi connectivity index (χ4n) is 3.18. The first-order valence-corrected chi connectivity index (χ1v) is 8.48. The van der Waals surface area contributed by atoms with Crippen LogP contribution in [0.3, 0.4) is 0 Å². The van der Waals surface area contributed by atoms with Gasteiger partial charge >= 0.3 is 0 Å². The van der Waals surface area contributed by atoms with E-state index in [9.17, 15) is 0 Å². The molecule has 2 atom stereocenters. The Balaban J connectivity index is 2.23. The average molecular weight is 309 g/mol. The van der Waals surface area contributed by atoms with E-state index in [1.807, 2.05) is 12.1 Å².